The van der Waals surface area contributed by atoms with Crippen molar-refractivity contribution in [3.8, 4) is 0 Å². The lowest BCUT2D eigenvalue weighted by molar-refractivity contribution is -0.0435. The van der Waals surface area contributed by atoms with Crippen LogP contribution in [0.2, 0.25) is 0 Å². The lowest BCUT2D eigenvalue weighted by atomic mass is 10.1. The number of piperidine rings is 1. The number of sulfone groups is 1. The number of anilines is 2. The van der Waals surface area contributed by atoms with Gasteiger partial charge in [0.2, 0.25) is 0 Å². The average molecular weight is 310 g/mol. The number of nitrogens with zero attached hydrogens (tertiary/aromatic N) is 3. The summed E-state index contributed by atoms with van der Waals surface area (Å²) in [5.41, 5.74) is -0.0803. The molecular weight excluding hydrogens is 297 g/mol. The van der Waals surface area contributed by atoms with Gasteiger partial charge in [0, 0.05) is 13.1 Å². The Kier molecular flexibility index (Phi) is 3.76. The van der Waals surface area contributed by atoms with Crippen LogP contribution in [0.15, 0.2) is 11.2 Å². The van der Waals surface area contributed by atoms with Crippen LogP contribution in [0, 0.1) is 0 Å². The zero-order chi connectivity index (χ0) is 15.0. The van der Waals surface area contributed by atoms with Crippen molar-refractivity contribution in [2.45, 2.75) is 29.7 Å². The average Bonchev–Trinajstić information content (AvgIpc) is 2.38. The van der Waals surface area contributed by atoms with Crippen LogP contribution < -0.4 is 10.6 Å². The van der Waals surface area contributed by atoms with Gasteiger partial charge in [-0.1, -0.05) is 0 Å². The molecule has 0 spiro atoms. The number of aromatic nitrogens is 2. The molecule has 1 saturated heterocycles. The van der Waals surface area contributed by atoms with Crippen LogP contribution in [0.3, 0.4) is 0 Å². The fraction of sp³-hybridized carbons (Fsp3) is 0.600. The lowest BCUT2D eigenvalue weighted by Gasteiger charge is -2.29. The van der Waals surface area contributed by atoms with Crippen molar-refractivity contribution in [1.29, 1.82) is 0 Å². The van der Waals surface area contributed by atoms with Crippen LogP contribution in [0.5, 0.6) is 0 Å². The Hall–Kier alpha value is -1.58. The van der Waals surface area contributed by atoms with Crippen molar-refractivity contribution in [3.63, 3.8) is 0 Å². The smallest absolute Gasteiger partial charge is 0.382 e. The first-order chi connectivity index (χ1) is 9.25. The summed E-state index contributed by atoms with van der Waals surface area (Å²) in [6, 6.07) is 0. The summed E-state index contributed by atoms with van der Waals surface area (Å²) in [7, 11) is -5.58. The largest absolute Gasteiger partial charge is 0.502 e. The van der Waals surface area contributed by atoms with E-state index in [2.05, 4.69) is 9.97 Å². The van der Waals surface area contributed by atoms with Gasteiger partial charge in [0.15, 0.2) is 10.7 Å². The fourth-order valence-corrected chi connectivity index (χ4v) is 3.06. The van der Waals surface area contributed by atoms with E-state index < -0.39 is 26.1 Å². The SMILES string of the molecule is Nc1ncnc(N2CCCCC2)c1S(=O)(=O)C(F)(F)F. The van der Waals surface area contributed by atoms with Crippen LogP contribution in [-0.4, -0.2) is 37.0 Å². The van der Waals surface area contributed by atoms with Gasteiger partial charge in [0.25, 0.3) is 9.84 Å². The molecule has 0 aromatic carbocycles. The Morgan fingerprint density at radius 1 is 1.15 bits per heavy atom. The van der Waals surface area contributed by atoms with E-state index in [0.717, 1.165) is 25.6 Å². The van der Waals surface area contributed by atoms with Crippen LogP contribution in [0.4, 0.5) is 24.8 Å². The third-order valence-electron chi connectivity index (χ3n) is 3.04. The number of halogens is 3. The van der Waals surface area contributed by atoms with Crippen molar-refractivity contribution in [2.24, 2.45) is 0 Å². The van der Waals surface area contributed by atoms with Gasteiger partial charge in [-0.2, -0.15) is 13.2 Å². The predicted molar refractivity (Wildman–Crippen MR) is 65.7 cm³/mol. The molecule has 112 valence electrons. The first-order valence-corrected chi connectivity index (χ1v) is 7.40. The molecule has 0 radical (unpaired) electrons. The number of rotatable bonds is 2. The Balaban J connectivity index is 2.58. The fourth-order valence-electron chi connectivity index (χ4n) is 2.08. The number of nitrogens with two attached hydrogens (primary N) is 1. The molecule has 0 saturated carbocycles. The number of nitrogen functional groups attached to an aromatic ring is 1. The maximum atomic E-state index is 12.7. The summed E-state index contributed by atoms with van der Waals surface area (Å²) in [6.07, 6.45) is 3.43. The minimum absolute atomic E-state index is 0.269. The summed E-state index contributed by atoms with van der Waals surface area (Å²) in [6.45, 7) is 0.883. The lowest BCUT2D eigenvalue weighted by Crippen LogP contribution is -2.34. The van der Waals surface area contributed by atoms with E-state index in [1.54, 1.807) is 0 Å². The van der Waals surface area contributed by atoms with Gasteiger partial charge in [-0.05, 0) is 19.3 Å². The van der Waals surface area contributed by atoms with E-state index in [-0.39, 0.29) is 5.82 Å². The van der Waals surface area contributed by atoms with E-state index in [4.69, 9.17) is 5.73 Å². The maximum Gasteiger partial charge on any atom is 0.502 e. The second-order valence-corrected chi connectivity index (χ2v) is 6.29. The minimum Gasteiger partial charge on any atom is -0.382 e. The Morgan fingerprint density at radius 2 is 1.75 bits per heavy atom. The van der Waals surface area contributed by atoms with Crippen LogP contribution in [0.1, 0.15) is 19.3 Å². The minimum atomic E-state index is -5.58. The van der Waals surface area contributed by atoms with Gasteiger partial charge in [-0.25, -0.2) is 18.4 Å². The molecule has 0 amide bonds. The van der Waals surface area contributed by atoms with Crippen LogP contribution in [0.25, 0.3) is 0 Å². The molecule has 1 fully saturated rings. The summed E-state index contributed by atoms with van der Waals surface area (Å²) in [4.78, 5) is 7.53. The van der Waals surface area contributed by atoms with Crippen molar-refractivity contribution < 1.29 is 21.6 Å². The topological polar surface area (TPSA) is 89.2 Å². The van der Waals surface area contributed by atoms with Gasteiger partial charge in [-0.15, -0.1) is 0 Å². The Morgan fingerprint density at radius 3 is 2.30 bits per heavy atom. The highest BCUT2D eigenvalue weighted by Gasteiger charge is 2.50. The van der Waals surface area contributed by atoms with Gasteiger partial charge < -0.3 is 10.6 Å². The van der Waals surface area contributed by atoms with Gasteiger partial charge >= 0.3 is 5.51 Å². The third kappa shape index (κ3) is 2.51. The summed E-state index contributed by atoms with van der Waals surface area (Å²) < 4.78 is 61.4. The zero-order valence-corrected chi connectivity index (χ0v) is 11.2. The van der Waals surface area contributed by atoms with Gasteiger partial charge in [0.1, 0.15) is 12.1 Å². The molecule has 0 aliphatic carbocycles. The van der Waals surface area contributed by atoms with Gasteiger partial charge in [0.05, 0.1) is 0 Å². The highest BCUT2D eigenvalue weighted by Crippen LogP contribution is 2.37. The second kappa shape index (κ2) is 5.08. The van der Waals surface area contributed by atoms with Crippen molar-refractivity contribution in [3.05, 3.63) is 6.33 Å². The van der Waals surface area contributed by atoms with Gasteiger partial charge in [-0.3, -0.25) is 0 Å². The number of alkyl halides is 3. The van der Waals surface area contributed by atoms with E-state index in [9.17, 15) is 21.6 Å². The molecule has 1 aliphatic rings. The molecule has 1 aromatic rings. The van der Waals surface area contributed by atoms with Crippen LogP contribution in [-0.2, 0) is 9.84 Å². The standard InChI is InChI=1S/C10H13F3N4O2S/c11-10(12,13)20(18,19)7-8(14)15-6-16-9(7)17-4-2-1-3-5-17/h6H,1-5H2,(H2,14,15,16). The maximum absolute atomic E-state index is 12.7. The Bertz CT molecular complexity index is 597. The molecule has 2 N–H and O–H groups in total. The van der Waals surface area contributed by atoms with E-state index in [0.29, 0.717) is 13.1 Å². The monoisotopic (exact) mass is 310 g/mol. The molecular formula is C10H13F3N4O2S. The van der Waals surface area contributed by atoms with E-state index in [1.165, 1.54) is 4.90 Å². The summed E-state index contributed by atoms with van der Waals surface area (Å²) in [5.74, 6) is -0.951. The zero-order valence-electron chi connectivity index (χ0n) is 10.4. The van der Waals surface area contributed by atoms with Crippen LogP contribution >= 0.6 is 0 Å². The molecule has 0 unspecified atom stereocenters. The Labute approximate surface area is 113 Å². The number of hydrogen-bond donors (Lipinski definition) is 1. The molecule has 1 aromatic heterocycles. The molecule has 0 bridgehead atoms. The highest BCUT2D eigenvalue weighted by molar-refractivity contribution is 7.92. The molecule has 2 rings (SSSR count). The van der Waals surface area contributed by atoms with Crippen molar-refractivity contribution >= 4 is 21.5 Å². The predicted octanol–water partition coefficient (Wildman–Crippen LogP) is 1.34. The normalized spacial score (nSPS) is 17.2. The molecule has 0 atom stereocenters. The third-order valence-corrected chi connectivity index (χ3v) is 4.58. The summed E-state index contributed by atoms with van der Waals surface area (Å²) in [5, 5.41) is 0. The quantitative estimate of drug-likeness (QED) is 0.886. The molecule has 20 heavy (non-hydrogen) atoms. The van der Waals surface area contributed by atoms with Crippen molar-refractivity contribution in [2.75, 3.05) is 23.7 Å². The van der Waals surface area contributed by atoms with E-state index in [1.807, 2.05) is 0 Å². The molecule has 1 aliphatic heterocycles. The first kappa shape index (κ1) is 14.8. The van der Waals surface area contributed by atoms with E-state index >= 15 is 0 Å². The number of hydrogen-bond acceptors (Lipinski definition) is 6. The first-order valence-electron chi connectivity index (χ1n) is 5.92. The second-order valence-electron chi connectivity index (χ2n) is 4.41. The summed E-state index contributed by atoms with van der Waals surface area (Å²) >= 11 is 0. The van der Waals surface area contributed by atoms with Crippen molar-refractivity contribution in [1.82, 2.24) is 9.97 Å². The highest BCUT2D eigenvalue weighted by atomic mass is 32.2. The molecule has 2 heterocycles. The molecule has 10 heteroatoms. The molecule has 6 nitrogen and oxygen atoms in total.